The van der Waals surface area contributed by atoms with Gasteiger partial charge in [0.1, 0.15) is 13.2 Å². The minimum atomic E-state index is -0.833. The highest BCUT2D eigenvalue weighted by atomic mass is 16.6. The fourth-order valence-electron chi connectivity index (χ4n) is 5.93. The molecule has 0 aromatic rings. The van der Waals surface area contributed by atoms with Gasteiger partial charge in [0.05, 0.1) is 0 Å². The Morgan fingerprint density at radius 1 is 0.328 bits per heavy atom. The van der Waals surface area contributed by atoms with Crippen molar-refractivity contribution < 1.29 is 28.6 Å². The molecule has 0 aromatic carbocycles. The lowest BCUT2D eigenvalue weighted by atomic mass is 10.1. The van der Waals surface area contributed by atoms with Crippen LogP contribution in [0.2, 0.25) is 0 Å². The van der Waals surface area contributed by atoms with Crippen molar-refractivity contribution >= 4 is 17.9 Å². The Balaban J connectivity index is 4.45. The standard InChI is InChI=1S/C58H88O6/c1-4-7-10-13-16-18-20-22-24-26-27-28-29-30-31-33-34-36-38-40-42-45-48-51-57(60)63-54-55(53-62-56(59)50-47-44-15-12-9-6-3)64-58(61)52-49-46-43-41-39-37-35-32-25-23-21-19-17-14-11-8-5-2/h7-8,10-11,16-19,22-25,27-28,30-31,34-37,40-43,55H,4-6,9,12-15,20-21,26,29,32-33,38-39,44-54H2,1-3H3/b10-7-,11-8-,18-16-,19-17-,24-22-,25-23-,28-27-,31-30-,36-34-,37-35-,42-40-,43-41-. The molecular formula is C58H88O6. The van der Waals surface area contributed by atoms with Crippen LogP contribution in [0.5, 0.6) is 0 Å². The zero-order valence-electron chi connectivity index (χ0n) is 40.5. The van der Waals surface area contributed by atoms with Crippen LogP contribution in [-0.2, 0) is 28.6 Å². The monoisotopic (exact) mass is 881 g/mol. The van der Waals surface area contributed by atoms with Crippen LogP contribution < -0.4 is 0 Å². The zero-order chi connectivity index (χ0) is 46.5. The Labute approximate surface area is 391 Å². The maximum atomic E-state index is 12.7. The Morgan fingerprint density at radius 2 is 0.609 bits per heavy atom. The summed E-state index contributed by atoms with van der Waals surface area (Å²) >= 11 is 0. The van der Waals surface area contributed by atoms with Gasteiger partial charge in [-0.15, -0.1) is 0 Å². The van der Waals surface area contributed by atoms with Crippen LogP contribution in [0.25, 0.3) is 0 Å². The molecule has 0 saturated carbocycles. The second-order valence-electron chi connectivity index (χ2n) is 15.6. The molecule has 6 heteroatoms. The fraction of sp³-hybridized carbons (Fsp3) is 0.534. The number of carbonyl (C=O) groups excluding carboxylic acids is 3. The lowest BCUT2D eigenvalue weighted by molar-refractivity contribution is -0.167. The van der Waals surface area contributed by atoms with Crippen molar-refractivity contribution in [3.63, 3.8) is 0 Å². The van der Waals surface area contributed by atoms with E-state index in [4.69, 9.17) is 14.2 Å². The normalized spacial score (nSPS) is 13.4. The van der Waals surface area contributed by atoms with E-state index < -0.39 is 12.1 Å². The van der Waals surface area contributed by atoms with Crippen LogP contribution in [0.1, 0.15) is 181 Å². The van der Waals surface area contributed by atoms with Gasteiger partial charge in [0.2, 0.25) is 0 Å². The molecule has 0 fully saturated rings. The van der Waals surface area contributed by atoms with Crippen LogP contribution in [0.3, 0.4) is 0 Å². The van der Waals surface area contributed by atoms with Crippen molar-refractivity contribution in [2.24, 2.45) is 0 Å². The third-order valence-corrected chi connectivity index (χ3v) is 9.59. The molecule has 0 radical (unpaired) electrons. The summed E-state index contributed by atoms with van der Waals surface area (Å²) in [5, 5.41) is 0. The highest BCUT2D eigenvalue weighted by Crippen LogP contribution is 2.10. The molecule has 356 valence electrons. The van der Waals surface area contributed by atoms with E-state index in [-0.39, 0.29) is 38.0 Å². The topological polar surface area (TPSA) is 78.9 Å². The molecule has 0 aliphatic heterocycles. The summed E-state index contributed by atoms with van der Waals surface area (Å²) in [5.74, 6) is -1.07. The van der Waals surface area contributed by atoms with E-state index in [2.05, 4.69) is 167 Å². The molecule has 0 spiro atoms. The average molecular weight is 881 g/mol. The maximum absolute atomic E-state index is 12.7. The van der Waals surface area contributed by atoms with Gasteiger partial charge in [-0.05, 0) is 109 Å². The molecule has 6 nitrogen and oxygen atoms in total. The highest BCUT2D eigenvalue weighted by Gasteiger charge is 2.19. The lowest BCUT2D eigenvalue weighted by Gasteiger charge is -2.18. The molecule has 0 aromatic heterocycles. The molecular weight excluding hydrogens is 793 g/mol. The lowest BCUT2D eigenvalue weighted by Crippen LogP contribution is -2.30. The number of hydrogen-bond donors (Lipinski definition) is 0. The number of rotatable bonds is 42. The zero-order valence-corrected chi connectivity index (χ0v) is 40.5. The summed E-state index contributed by atoms with van der Waals surface area (Å²) < 4.78 is 16.6. The highest BCUT2D eigenvalue weighted by molar-refractivity contribution is 5.71. The van der Waals surface area contributed by atoms with E-state index in [0.29, 0.717) is 19.3 Å². The Morgan fingerprint density at radius 3 is 0.953 bits per heavy atom. The van der Waals surface area contributed by atoms with E-state index in [9.17, 15) is 14.4 Å². The van der Waals surface area contributed by atoms with Gasteiger partial charge >= 0.3 is 17.9 Å². The van der Waals surface area contributed by atoms with E-state index in [1.165, 1.54) is 19.3 Å². The van der Waals surface area contributed by atoms with Gasteiger partial charge < -0.3 is 14.2 Å². The summed E-state index contributed by atoms with van der Waals surface area (Å²) in [5.41, 5.74) is 0. The predicted molar refractivity (Wildman–Crippen MR) is 274 cm³/mol. The summed E-state index contributed by atoms with van der Waals surface area (Å²) in [6.07, 6.45) is 73.0. The first-order chi connectivity index (χ1) is 31.5. The maximum Gasteiger partial charge on any atom is 0.306 e. The molecule has 0 rings (SSSR count). The first-order valence-electron chi connectivity index (χ1n) is 24.8. The van der Waals surface area contributed by atoms with Gasteiger partial charge in [-0.2, -0.15) is 0 Å². The van der Waals surface area contributed by atoms with Gasteiger partial charge in [-0.1, -0.05) is 199 Å². The average Bonchev–Trinajstić information content (AvgIpc) is 3.29. The Kier molecular flexibility index (Phi) is 47.2. The van der Waals surface area contributed by atoms with Crippen molar-refractivity contribution in [2.75, 3.05) is 13.2 Å². The molecule has 64 heavy (non-hydrogen) atoms. The van der Waals surface area contributed by atoms with Gasteiger partial charge in [-0.25, -0.2) is 0 Å². The molecule has 1 atom stereocenters. The van der Waals surface area contributed by atoms with E-state index in [0.717, 1.165) is 109 Å². The molecule has 0 heterocycles. The first kappa shape index (κ1) is 59.3. The van der Waals surface area contributed by atoms with Crippen LogP contribution in [0.15, 0.2) is 146 Å². The van der Waals surface area contributed by atoms with Gasteiger partial charge in [0.15, 0.2) is 6.10 Å². The molecule has 0 saturated heterocycles. The van der Waals surface area contributed by atoms with Gasteiger partial charge in [0.25, 0.3) is 0 Å². The number of allylic oxidation sites excluding steroid dienone is 24. The van der Waals surface area contributed by atoms with Crippen LogP contribution >= 0.6 is 0 Å². The molecule has 0 aliphatic rings. The molecule has 1 unspecified atom stereocenters. The van der Waals surface area contributed by atoms with E-state index >= 15 is 0 Å². The largest absolute Gasteiger partial charge is 0.462 e. The SMILES string of the molecule is CC/C=C\C/C=C\C/C=C\C/C=C\C/C=C\C/C=C\C/C=C\CCCC(=O)OCC(COC(=O)CCCCCCCC)OC(=O)CCC/C=C\C/C=C\C/C=C\C/C=C\C/C=C\CC. The number of hydrogen-bond acceptors (Lipinski definition) is 6. The molecule has 0 bridgehead atoms. The van der Waals surface area contributed by atoms with Crippen molar-refractivity contribution in [3.8, 4) is 0 Å². The quantitative estimate of drug-likeness (QED) is 0.0263. The summed E-state index contributed by atoms with van der Waals surface area (Å²) in [4.78, 5) is 37.7. The number of unbranched alkanes of at least 4 members (excludes halogenated alkanes) is 7. The number of esters is 3. The second kappa shape index (κ2) is 50.9. The minimum Gasteiger partial charge on any atom is -0.462 e. The summed E-state index contributed by atoms with van der Waals surface area (Å²) in [6.45, 7) is 6.21. The van der Waals surface area contributed by atoms with Crippen LogP contribution in [0.4, 0.5) is 0 Å². The summed E-state index contributed by atoms with van der Waals surface area (Å²) in [7, 11) is 0. The van der Waals surface area contributed by atoms with Crippen molar-refractivity contribution in [3.05, 3.63) is 146 Å². The number of ether oxygens (including phenoxy) is 3. The molecule has 0 amide bonds. The Bertz CT molecular complexity index is 1480. The fourth-order valence-corrected chi connectivity index (χ4v) is 5.93. The third kappa shape index (κ3) is 48.3. The smallest absolute Gasteiger partial charge is 0.306 e. The van der Waals surface area contributed by atoms with Crippen molar-refractivity contribution in [1.29, 1.82) is 0 Å². The number of carbonyl (C=O) groups is 3. The predicted octanol–water partition coefficient (Wildman–Crippen LogP) is 16.5. The van der Waals surface area contributed by atoms with Crippen molar-refractivity contribution in [2.45, 2.75) is 187 Å². The summed E-state index contributed by atoms with van der Waals surface area (Å²) in [6, 6.07) is 0. The van der Waals surface area contributed by atoms with E-state index in [1.807, 2.05) is 0 Å². The van der Waals surface area contributed by atoms with Gasteiger partial charge in [0, 0.05) is 19.3 Å². The molecule has 0 aliphatic carbocycles. The van der Waals surface area contributed by atoms with Crippen LogP contribution in [0, 0.1) is 0 Å². The van der Waals surface area contributed by atoms with Crippen molar-refractivity contribution in [1.82, 2.24) is 0 Å². The van der Waals surface area contributed by atoms with Gasteiger partial charge in [-0.3, -0.25) is 14.4 Å². The molecule has 0 N–H and O–H groups in total. The Hall–Kier alpha value is -4.71. The van der Waals surface area contributed by atoms with E-state index in [1.54, 1.807) is 0 Å². The third-order valence-electron chi connectivity index (χ3n) is 9.59. The second-order valence-corrected chi connectivity index (χ2v) is 15.6. The van der Waals surface area contributed by atoms with Crippen LogP contribution in [-0.4, -0.2) is 37.2 Å². The first-order valence-corrected chi connectivity index (χ1v) is 24.8. The minimum absolute atomic E-state index is 0.125.